The SMILES string of the molecule is CN(Cc1ncc[nH]1)CC(C)(C)CN1CCOCC1. The Labute approximate surface area is 116 Å². The molecule has 0 saturated carbocycles. The number of morpholine rings is 1. The summed E-state index contributed by atoms with van der Waals surface area (Å²) in [6, 6.07) is 0. The molecule has 0 radical (unpaired) electrons. The molecule has 0 atom stereocenters. The summed E-state index contributed by atoms with van der Waals surface area (Å²) in [6.07, 6.45) is 3.68. The van der Waals surface area contributed by atoms with E-state index in [-0.39, 0.29) is 5.41 Å². The number of hydrogen-bond acceptors (Lipinski definition) is 4. The Hall–Kier alpha value is -0.910. The number of ether oxygens (including phenoxy) is 1. The van der Waals surface area contributed by atoms with Gasteiger partial charge in [-0.2, -0.15) is 0 Å². The van der Waals surface area contributed by atoms with Gasteiger partial charge in [0.25, 0.3) is 0 Å². The summed E-state index contributed by atoms with van der Waals surface area (Å²) in [5.74, 6) is 1.03. The third-order valence-corrected chi connectivity index (χ3v) is 3.43. The lowest BCUT2D eigenvalue weighted by Gasteiger charge is -2.37. The Morgan fingerprint density at radius 3 is 2.79 bits per heavy atom. The molecule has 0 spiro atoms. The largest absolute Gasteiger partial charge is 0.379 e. The van der Waals surface area contributed by atoms with Crippen LogP contribution in [0.3, 0.4) is 0 Å². The average molecular weight is 266 g/mol. The molecule has 108 valence electrons. The van der Waals surface area contributed by atoms with Gasteiger partial charge >= 0.3 is 0 Å². The second-order valence-corrected chi connectivity index (χ2v) is 6.26. The molecule has 1 aliphatic heterocycles. The van der Waals surface area contributed by atoms with Crippen LogP contribution < -0.4 is 0 Å². The summed E-state index contributed by atoms with van der Waals surface area (Å²) in [7, 11) is 2.16. The van der Waals surface area contributed by atoms with Gasteiger partial charge in [-0.05, 0) is 12.5 Å². The smallest absolute Gasteiger partial charge is 0.120 e. The summed E-state index contributed by atoms with van der Waals surface area (Å²) in [4.78, 5) is 12.3. The third-order valence-electron chi connectivity index (χ3n) is 3.43. The van der Waals surface area contributed by atoms with E-state index in [4.69, 9.17) is 4.74 Å². The zero-order chi connectivity index (χ0) is 13.7. The molecule has 2 heterocycles. The van der Waals surface area contributed by atoms with Crippen molar-refractivity contribution in [1.82, 2.24) is 19.8 Å². The highest BCUT2D eigenvalue weighted by molar-refractivity contribution is 4.87. The second kappa shape index (κ2) is 6.50. The van der Waals surface area contributed by atoms with E-state index >= 15 is 0 Å². The van der Waals surface area contributed by atoms with Crippen molar-refractivity contribution in [3.63, 3.8) is 0 Å². The lowest BCUT2D eigenvalue weighted by atomic mass is 9.92. The van der Waals surface area contributed by atoms with Crippen LogP contribution in [0.1, 0.15) is 19.7 Å². The second-order valence-electron chi connectivity index (χ2n) is 6.26. The summed E-state index contributed by atoms with van der Waals surface area (Å²) in [6.45, 7) is 11.6. The zero-order valence-corrected chi connectivity index (χ0v) is 12.4. The molecular weight excluding hydrogens is 240 g/mol. The van der Waals surface area contributed by atoms with E-state index in [1.54, 1.807) is 0 Å². The van der Waals surface area contributed by atoms with Gasteiger partial charge in [-0.15, -0.1) is 0 Å². The Morgan fingerprint density at radius 1 is 1.42 bits per heavy atom. The quantitative estimate of drug-likeness (QED) is 0.840. The minimum Gasteiger partial charge on any atom is -0.379 e. The molecule has 1 fully saturated rings. The van der Waals surface area contributed by atoms with Crippen molar-refractivity contribution < 1.29 is 4.74 Å². The van der Waals surface area contributed by atoms with Crippen LogP contribution in [0.4, 0.5) is 0 Å². The lowest BCUT2D eigenvalue weighted by Crippen LogP contribution is -2.45. The zero-order valence-electron chi connectivity index (χ0n) is 12.4. The number of aromatic amines is 1. The molecule has 0 aromatic carbocycles. The fraction of sp³-hybridized carbons (Fsp3) is 0.786. The first kappa shape index (κ1) is 14.5. The molecule has 5 heteroatoms. The molecule has 1 saturated heterocycles. The van der Waals surface area contributed by atoms with Crippen LogP contribution in [0, 0.1) is 5.41 Å². The van der Waals surface area contributed by atoms with Gasteiger partial charge in [0.1, 0.15) is 5.82 Å². The van der Waals surface area contributed by atoms with Crippen LogP contribution in [-0.2, 0) is 11.3 Å². The fourth-order valence-electron chi connectivity index (χ4n) is 2.84. The normalized spacial score (nSPS) is 18.1. The highest BCUT2D eigenvalue weighted by atomic mass is 16.5. The standard InChI is InChI=1S/C14H26N4O/c1-14(2,12-18-6-8-19-9-7-18)11-17(3)10-13-15-4-5-16-13/h4-5H,6-12H2,1-3H3,(H,15,16). The van der Waals surface area contributed by atoms with Gasteiger partial charge in [0, 0.05) is 38.6 Å². The summed E-state index contributed by atoms with van der Waals surface area (Å²) in [5, 5.41) is 0. The fourth-order valence-corrected chi connectivity index (χ4v) is 2.84. The van der Waals surface area contributed by atoms with E-state index in [1.165, 1.54) is 0 Å². The van der Waals surface area contributed by atoms with Gasteiger partial charge in [-0.3, -0.25) is 9.80 Å². The monoisotopic (exact) mass is 266 g/mol. The van der Waals surface area contributed by atoms with Gasteiger partial charge < -0.3 is 9.72 Å². The molecule has 2 rings (SSSR count). The van der Waals surface area contributed by atoms with Crippen LogP contribution in [0.25, 0.3) is 0 Å². The molecule has 0 aliphatic carbocycles. The van der Waals surface area contributed by atoms with Gasteiger partial charge in [-0.1, -0.05) is 13.8 Å². The first-order chi connectivity index (χ1) is 9.05. The Bertz CT molecular complexity index is 358. The average Bonchev–Trinajstić information content (AvgIpc) is 2.81. The van der Waals surface area contributed by atoms with Crippen LogP contribution in [-0.4, -0.2) is 66.2 Å². The van der Waals surface area contributed by atoms with Crippen molar-refractivity contribution in [3.8, 4) is 0 Å². The molecule has 1 aromatic heterocycles. The van der Waals surface area contributed by atoms with Gasteiger partial charge in [-0.25, -0.2) is 4.98 Å². The number of nitrogens with zero attached hydrogens (tertiary/aromatic N) is 3. The molecule has 1 aliphatic rings. The van der Waals surface area contributed by atoms with E-state index in [2.05, 4.69) is 40.7 Å². The highest BCUT2D eigenvalue weighted by Crippen LogP contribution is 2.19. The van der Waals surface area contributed by atoms with Gasteiger partial charge in [0.05, 0.1) is 19.8 Å². The van der Waals surface area contributed by atoms with Crippen molar-refractivity contribution in [2.45, 2.75) is 20.4 Å². The number of H-pyrrole nitrogens is 1. The van der Waals surface area contributed by atoms with Crippen molar-refractivity contribution in [3.05, 3.63) is 18.2 Å². The van der Waals surface area contributed by atoms with E-state index in [9.17, 15) is 0 Å². The number of rotatable bonds is 6. The first-order valence-corrected chi connectivity index (χ1v) is 7.02. The number of nitrogens with one attached hydrogen (secondary N) is 1. The lowest BCUT2D eigenvalue weighted by molar-refractivity contribution is 0.0160. The predicted molar refractivity (Wildman–Crippen MR) is 76.0 cm³/mol. The van der Waals surface area contributed by atoms with Crippen molar-refractivity contribution in [2.24, 2.45) is 5.41 Å². The molecule has 0 bridgehead atoms. The van der Waals surface area contributed by atoms with Crippen molar-refractivity contribution in [2.75, 3.05) is 46.4 Å². The number of hydrogen-bond donors (Lipinski definition) is 1. The Balaban J connectivity index is 1.78. The van der Waals surface area contributed by atoms with E-state index in [0.29, 0.717) is 0 Å². The van der Waals surface area contributed by atoms with Gasteiger partial charge in [0.15, 0.2) is 0 Å². The molecule has 1 N–H and O–H groups in total. The molecule has 5 nitrogen and oxygen atoms in total. The van der Waals surface area contributed by atoms with Crippen LogP contribution in [0.15, 0.2) is 12.4 Å². The first-order valence-electron chi connectivity index (χ1n) is 7.02. The highest BCUT2D eigenvalue weighted by Gasteiger charge is 2.24. The molecule has 19 heavy (non-hydrogen) atoms. The molecule has 1 aromatic rings. The topological polar surface area (TPSA) is 44.4 Å². The van der Waals surface area contributed by atoms with Crippen LogP contribution in [0.5, 0.6) is 0 Å². The number of imidazole rings is 1. The Morgan fingerprint density at radius 2 is 2.16 bits per heavy atom. The van der Waals surface area contributed by atoms with E-state index in [0.717, 1.165) is 51.8 Å². The van der Waals surface area contributed by atoms with Gasteiger partial charge in [0.2, 0.25) is 0 Å². The summed E-state index contributed by atoms with van der Waals surface area (Å²) >= 11 is 0. The minimum atomic E-state index is 0.276. The Kier molecular flexibility index (Phi) is 4.96. The number of aromatic nitrogens is 2. The van der Waals surface area contributed by atoms with Crippen LogP contribution >= 0.6 is 0 Å². The van der Waals surface area contributed by atoms with Crippen molar-refractivity contribution >= 4 is 0 Å². The molecule has 0 amide bonds. The van der Waals surface area contributed by atoms with Crippen molar-refractivity contribution in [1.29, 1.82) is 0 Å². The van der Waals surface area contributed by atoms with Crippen LogP contribution in [0.2, 0.25) is 0 Å². The van der Waals surface area contributed by atoms with E-state index in [1.807, 2.05) is 12.4 Å². The maximum atomic E-state index is 5.40. The van der Waals surface area contributed by atoms with E-state index < -0.39 is 0 Å². The summed E-state index contributed by atoms with van der Waals surface area (Å²) < 4.78 is 5.40. The maximum absolute atomic E-state index is 5.40. The minimum absolute atomic E-state index is 0.276. The summed E-state index contributed by atoms with van der Waals surface area (Å²) in [5.41, 5.74) is 0.276. The predicted octanol–water partition coefficient (Wildman–Crippen LogP) is 1.20. The third kappa shape index (κ3) is 4.93. The maximum Gasteiger partial charge on any atom is 0.120 e. The molecule has 0 unspecified atom stereocenters. The molecular formula is C14H26N4O.